The predicted octanol–water partition coefficient (Wildman–Crippen LogP) is 1.48. The van der Waals surface area contributed by atoms with Gasteiger partial charge in [-0.05, 0) is 17.7 Å². The van der Waals surface area contributed by atoms with Gasteiger partial charge < -0.3 is 10.6 Å². The Labute approximate surface area is 107 Å². The first kappa shape index (κ1) is 12.1. The smallest absolute Gasteiger partial charge is 0.0423 e. The summed E-state index contributed by atoms with van der Waals surface area (Å²) in [6.45, 7) is 2.26. The van der Waals surface area contributed by atoms with Gasteiger partial charge in [0.05, 0.1) is 0 Å². The molecule has 1 saturated heterocycles. The van der Waals surface area contributed by atoms with E-state index in [9.17, 15) is 4.21 Å². The Morgan fingerprint density at radius 3 is 2.69 bits per heavy atom. The SMILES string of the molecule is NCc1ccc(Br)cc1N1CCS(=O)CC1. The van der Waals surface area contributed by atoms with Crippen molar-refractivity contribution in [2.75, 3.05) is 29.5 Å². The molecule has 0 unspecified atom stereocenters. The van der Waals surface area contributed by atoms with Crippen molar-refractivity contribution in [3.63, 3.8) is 0 Å². The van der Waals surface area contributed by atoms with Crippen molar-refractivity contribution >= 4 is 32.4 Å². The third-order valence-corrected chi connectivity index (χ3v) is 4.55. The lowest BCUT2D eigenvalue weighted by Crippen LogP contribution is -2.38. The summed E-state index contributed by atoms with van der Waals surface area (Å²) in [6.07, 6.45) is 0. The molecule has 0 aromatic heterocycles. The number of nitrogens with zero attached hydrogens (tertiary/aromatic N) is 1. The Bertz CT molecular complexity index is 401. The van der Waals surface area contributed by atoms with Crippen LogP contribution in [0.4, 0.5) is 5.69 Å². The number of nitrogens with two attached hydrogens (primary N) is 1. The molecule has 1 fully saturated rings. The Morgan fingerprint density at radius 2 is 2.06 bits per heavy atom. The minimum atomic E-state index is -0.633. The maximum Gasteiger partial charge on any atom is 0.0423 e. The highest BCUT2D eigenvalue weighted by molar-refractivity contribution is 9.10. The Balaban J connectivity index is 2.24. The molecule has 1 heterocycles. The first-order valence-electron chi connectivity index (χ1n) is 5.29. The first-order chi connectivity index (χ1) is 7.70. The van der Waals surface area contributed by atoms with Crippen LogP contribution in [0.3, 0.4) is 0 Å². The van der Waals surface area contributed by atoms with Crippen LogP contribution in [0.5, 0.6) is 0 Å². The van der Waals surface area contributed by atoms with E-state index in [4.69, 9.17) is 5.73 Å². The molecule has 0 spiro atoms. The second-order valence-corrected chi connectivity index (χ2v) is 6.42. The fourth-order valence-corrected chi connectivity index (χ4v) is 3.28. The molecule has 1 aromatic rings. The van der Waals surface area contributed by atoms with E-state index in [2.05, 4.69) is 26.9 Å². The average Bonchev–Trinajstić information content (AvgIpc) is 2.30. The number of hydrogen-bond acceptors (Lipinski definition) is 3. The van der Waals surface area contributed by atoms with E-state index in [-0.39, 0.29) is 0 Å². The zero-order chi connectivity index (χ0) is 11.5. The van der Waals surface area contributed by atoms with Gasteiger partial charge in [-0.1, -0.05) is 22.0 Å². The predicted molar refractivity (Wildman–Crippen MR) is 72.1 cm³/mol. The molecule has 0 radical (unpaired) electrons. The van der Waals surface area contributed by atoms with E-state index in [1.54, 1.807) is 0 Å². The fourth-order valence-electron chi connectivity index (χ4n) is 1.88. The Morgan fingerprint density at radius 1 is 1.38 bits per heavy atom. The fraction of sp³-hybridized carbons (Fsp3) is 0.455. The highest BCUT2D eigenvalue weighted by Gasteiger charge is 2.17. The van der Waals surface area contributed by atoms with Crippen LogP contribution in [0.2, 0.25) is 0 Å². The van der Waals surface area contributed by atoms with Crippen molar-refractivity contribution in [1.82, 2.24) is 0 Å². The molecule has 1 aromatic carbocycles. The van der Waals surface area contributed by atoms with Crippen LogP contribution in [0.25, 0.3) is 0 Å². The number of rotatable bonds is 2. The van der Waals surface area contributed by atoms with E-state index in [1.165, 1.54) is 5.69 Å². The normalized spacial score (nSPS) is 17.8. The zero-order valence-electron chi connectivity index (χ0n) is 8.99. The molecule has 1 aliphatic heterocycles. The van der Waals surface area contributed by atoms with Crippen LogP contribution in [0, 0.1) is 0 Å². The van der Waals surface area contributed by atoms with Crippen LogP contribution in [0.15, 0.2) is 22.7 Å². The van der Waals surface area contributed by atoms with E-state index >= 15 is 0 Å². The van der Waals surface area contributed by atoms with E-state index in [0.717, 1.165) is 34.6 Å². The number of anilines is 1. The Kier molecular flexibility index (Phi) is 4.00. The summed E-state index contributed by atoms with van der Waals surface area (Å²) in [7, 11) is -0.633. The molecule has 16 heavy (non-hydrogen) atoms. The van der Waals surface area contributed by atoms with Crippen molar-refractivity contribution < 1.29 is 4.21 Å². The molecule has 5 heteroatoms. The lowest BCUT2D eigenvalue weighted by molar-refractivity contribution is 0.673. The van der Waals surface area contributed by atoms with Crippen LogP contribution >= 0.6 is 15.9 Å². The lowest BCUT2D eigenvalue weighted by atomic mass is 10.1. The first-order valence-corrected chi connectivity index (χ1v) is 7.57. The zero-order valence-corrected chi connectivity index (χ0v) is 11.4. The minimum absolute atomic E-state index is 0.544. The second-order valence-electron chi connectivity index (χ2n) is 3.81. The topological polar surface area (TPSA) is 46.3 Å². The maximum atomic E-state index is 11.3. The lowest BCUT2D eigenvalue weighted by Gasteiger charge is -2.30. The largest absolute Gasteiger partial charge is 0.369 e. The summed E-state index contributed by atoms with van der Waals surface area (Å²) in [5, 5.41) is 0. The van der Waals surface area contributed by atoms with Crippen LogP contribution in [-0.2, 0) is 17.3 Å². The summed E-state index contributed by atoms with van der Waals surface area (Å²) < 4.78 is 12.4. The van der Waals surface area contributed by atoms with Gasteiger partial charge in [-0.2, -0.15) is 0 Å². The van der Waals surface area contributed by atoms with Gasteiger partial charge in [0.2, 0.25) is 0 Å². The van der Waals surface area contributed by atoms with Gasteiger partial charge in [0.25, 0.3) is 0 Å². The van der Waals surface area contributed by atoms with E-state index in [0.29, 0.717) is 6.54 Å². The van der Waals surface area contributed by atoms with Gasteiger partial charge in [0, 0.05) is 52.1 Å². The van der Waals surface area contributed by atoms with Crippen molar-refractivity contribution in [2.45, 2.75) is 6.54 Å². The summed E-state index contributed by atoms with van der Waals surface area (Å²) in [5.74, 6) is 1.52. The summed E-state index contributed by atoms with van der Waals surface area (Å²) in [6, 6.07) is 6.15. The Hall–Kier alpha value is -0.390. The third-order valence-electron chi connectivity index (χ3n) is 2.79. The van der Waals surface area contributed by atoms with Gasteiger partial charge in [-0.15, -0.1) is 0 Å². The van der Waals surface area contributed by atoms with Gasteiger partial charge in [-0.3, -0.25) is 4.21 Å². The van der Waals surface area contributed by atoms with Crippen LogP contribution in [0.1, 0.15) is 5.56 Å². The van der Waals surface area contributed by atoms with Crippen LogP contribution in [-0.4, -0.2) is 28.8 Å². The van der Waals surface area contributed by atoms with Gasteiger partial charge in [0.1, 0.15) is 0 Å². The molecule has 1 aliphatic rings. The summed E-state index contributed by atoms with van der Waals surface area (Å²) in [5.41, 5.74) is 8.06. The maximum absolute atomic E-state index is 11.3. The van der Waals surface area contributed by atoms with Crippen molar-refractivity contribution in [1.29, 1.82) is 0 Å². The molecular weight excluding hydrogens is 288 g/mol. The highest BCUT2D eigenvalue weighted by Crippen LogP contribution is 2.25. The molecule has 2 rings (SSSR count). The van der Waals surface area contributed by atoms with Gasteiger partial charge >= 0.3 is 0 Å². The number of halogens is 1. The number of benzene rings is 1. The molecule has 0 aliphatic carbocycles. The standard InChI is InChI=1S/C11H15BrN2OS/c12-10-2-1-9(8-13)11(7-10)14-3-5-16(15)6-4-14/h1-2,7H,3-6,8,13H2. The molecule has 3 nitrogen and oxygen atoms in total. The van der Waals surface area contributed by atoms with Crippen molar-refractivity contribution in [2.24, 2.45) is 5.73 Å². The monoisotopic (exact) mass is 302 g/mol. The molecule has 0 bridgehead atoms. The summed E-state index contributed by atoms with van der Waals surface area (Å²) >= 11 is 3.48. The molecule has 2 N–H and O–H groups in total. The minimum Gasteiger partial charge on any atom is -0.369 e. The molecular formula is C11H15BrN2OS. The quantitative estimate of drug-likeness (QED) is 0.900. The molecule has 0 saturated carbocycles. The highest BCUT2D eigenvalue weighted by atomic mass is 79.9. The van der Waals surface area contributed by atoms with Gasteiger partial charge in [0.15, 0.2) is 0 Å². The average molecular weight is 303 g/mol. The number of hydrogen-bond donors (Lipinski definition) is 1. The van der Waals surface area contributed by atoms with E-state index < -0.39 is 10.8 Å². The van der Waals surface area contributed by atoms with Crippen molar-refractivity contribution in [3.05, 3.63) is 28.2 Å². The molecule has 0 amide bonds. The molecule has 88 valence electrons. The van der Waals surface area contributed by atoms with Gasteiger partial charge in [-0.25, -0.2) is 0 Å². The van der Waals surface area contributed by atoms with Crippen molar-refractivity contribution in [3.8, 4) is 0 Å². The van der Waals surface area contributed by atoms with Crippen LogP contribution < -0.4 is 10.6 Å². The summed E-state index contributed by atoms with van der Waals surface area (Å²) in [4.78, 5) is 2.27. The third kappa shape index (κ3) is 2.64. The second kappa shape index (κ2) is 5.29. The van der Waals surface area contributed by atoms with E-state index in [1.807, 2.05) is 12.1 Å². The molecule has 0 atom stereocenters.